The molecule has 0 saturated heterocycles. The molecule has 0 atom stereocenters. The number of hydrogen-bond acceptors (Lipinski definition) is 5. The zero-order chi connectivity index (χ0) is 23.9. The second kappa shape index (κ2) is 10.8. The maximum atomic E-state index is 12.6. The zero-order valence-electron chi connectivity index (χ0n) is 19.9. The fourth-order valence-electron chi connectivity index (χ4n) is 3.98. The number of ether oxygens (including phenoxy) is 1. The lowest BCUT2D eigenvalue weighted by molar-refractivity contribution is -0.132. The summed E-state index contributed by atoms with van der Waals surface area (Å²) in [5.41, 5.74) is 4.18. The van der Waals surface area contributed by atoms with Crippen molar-refractivity contribution in [3.05, 3.63) is 84.7 Å². The number of likely N-dealkylation sites (N-methyl/N-ethyl adjacent to an activating group) is 1. The molecular weight excluding hydrogens is 424 g/mol. The molecule has 3 aromatic carbocycles. The van der Waals surface area contributed by atoms with Gasteiger partial charge in [0.1, 0.15) is 17.9 Å². The fourth-order valence-corrected chi connectivity index (χ4v) is 3.98. The van der Waals surface area contributed by atoms with Gasteiger partial charge < -0.3 is 14.5 Å². The van der Waals surface area contributed by atoms with Crippen LogP contribution >= 0.6 is 0 Å². The molecule has 1 heterocycles. The third-order valence-electron chi connectivity index (χ3n) is 5.89. The van der Waals surface area contributed by atoms with Gasteiger partial charge >= 0.3 is 0 Å². The minimum atomic E-state index is -0.0685. The van der Waals surface area contributed by atoms with Crippen LogP contribution in [-0.2, 0) is 11.3 Å². The molecule has 0 N–H and O–H groups in total. The molecule has 4 aromatic rings. The summed E-state index contributed by atoms with van der Waals surface area (Å²) in [6.45, 7) is 6.56. The first-order valence-corrected chi connectivity index (χ1v) is 11.6. The second-order valence-corrected chi connectivity index (χ2v) is 8.15. The minimum Gasteiger partial charge on any atom is -0.484 e. The molecule has 0 fully saturated rings. The Morgan fingerprint density at radius 2 is 1.65 bits per heavy atom. The number of rotatable bonds is 9. The van der Waals surface area contributed by atoms with Gasteiger partial charge in [0, 0.05) is 32.1 Å². The quantitative estimate of drug-likeness (QED) is 0.349. The Bertz CT molecular complexity index is 1260. The second-order valence-electron chi connectivity index (χ2n) is 8.15. The van der Waals surface area contributed by atoms with E-state index in [1.807, 2.05) is 48.5 Å². The van der Waals surface area contributed by atoms with Crippen LogP contribution in [0, 0.1) is 0 Å². The van der Waals surface area contributed by atoms with Crippen LogP contribution in [0.1, 0.15) is 19.4 Å². The Hall–Kier alpha value is -3.93. The third-order valence-corrected chi connectivity index (χ3v) is 5.89. The number of benzene rings is 3. The molecule has 0 radical (unpaired) electrons. The van der Waals surface area contributed by atoms with Gasteiger partial charge in [-0.2, -0.15) is 0 Å². The first-order chi connectivity index (χ1) is 16.6. The van der Waals surface area contributed by atoms with Gasteiger partial charge in [-0.05, 0) is 60.9 Å². The number of carbonyl (C=O) groups is 1. The van der Waals surface area contributed by atoms with Gasteiger partial charge in [-0.1, -0.05) is 42.5 Å². The summed E-state index contributed by atoms with van der Waals surface area (Å²) in [4.78, 5) is 25.5. The maximum Gasteiger partial charge on any atom is 0.260 e. The smallest absolute Gasteiger partial charge is 0.260 e. The van der Waals surface area contributed by atoms with Crippen molar-refractivity contribution in [2.45, 2.75) is 20.4 Å². The van der Waals surface area contributed by atoms with Crippen LogP contribution in [0.25, 0.3) is 22.0 Å². The Balaban J connectivity index is 1.51. The van der Waals surface area contributed by atoms with E-state index in [2.05, 4.69) is 53.0 Å². The number of anilines is 1. The van der Waals surface area contributed by atoms with Gasteiger partial charge in [-0.15, -0.1) is 0 Å². The van der Waals surface area contributed by atoms with Crippen molar-refractivity contribution < 1.29 is 9.53 Å². The molecule has 1 amide bonds. The summed E-state index contributed by atoms with van der Waals surface area (Å²) in [5.74, 6) is 1.58. The van der Waals surface area contributed by atoms with E-state index >= 15 is 0 Å². The molecule has 174 valence electrons. The monoisotopic (exact) mass is 454 g/mol. The number of amides is 1. The van der Waals surface area contributed by atoms with E-state index in [1.165, 1.54) is 0 Å². The lowest BCUT2D eigenvalue weighted by Gasteiger charge is -2.21. The van der Waals surface area contributed by atoms with E-state index in [-0.39, 0.29) is 12.5 Å². The predicted molar refractivity (Wildman–Crippen MR) is 137 cm³/mol. The first-order valence-electron chi connectivity index (χ1n) is 11.6. The number of fused-ring (bicyclic) bond motifs is 1. The van der Waals surface area contributed by atoms with Crippen molar-refractivity contribution in [1.82, 2.24) is 14.9 Å². The highest BCUT2D eigenvalue weighted by Crippen LogP contribution is 2.29. The van der Waals surface area contributed by atoms with Crippen LogP contribution in [0.4, 0.5) is 5.82 Å². The number of carbonyl (C=O) groups excluding carboxylic acids is 1. The summed E-state index contributed by atoms with van der Waals surface area (Å²) >= 11 is 0. The van der Waals surface area contributed by atoms with Gasteiger partial charge in [-0.25, -0.2) is 9.97 Å². The van der Waals surface area contributed by atoms with Crippen molar-refractivity contribution in [2.75, 3.05) is 31.6 Å². The molecule has 0 saturated carbocycles. The third kappa shape index (κ3) is 5.34. The normalized spacial score (nSPS) is 10.8. The van der Waals surface area contributed by atoms with E-state index in [9.17, 15) is 4.79 Å². The van der Waals surface area contributed by atoms with Gasteiger partial charge in [0.15, 0.2) is 6.61 Å². The Morgan fingerprint density at radius 1 is 0.882 bits per heavy atom. The highest BCUT2D eigenvalue weighted by molar-refractivity contribution is 5.93. The fraction of sp³-hybridized carbons (Fsp3) is 0.250. The minimum absolute atomic E-state index is 0.0129. The van der Waals surface area contributed by atoms with E-state index in [4.69, 9.17) is 4.74 Å². The van der Waals surface area contributed by atoms with Crippen LogP contribution in [0.5, 0.6) is 5.75 Å². The number of aromatic nitrogens is 2. The molecular formula is C28H30N4O2. The molecule has 1 aromatic heterocycles. The molecule has 0 spiro atoms. The summed E-state index contributed by atoms with van der Waals surface area (Å²) in [5, 5.41) is 1.04. The Labute approximate surface area is 200 Å². The van der Waals surface area contributed by atoms with Gasteiger partial charge in [0.2, 0.25) is 0 Å². The highest BCUT2D eigenvalue weighted by atomic mass is 16.5. The van der Waals surface area contributed by atoms with Crippen molar-refractivity contribution in [3.8, 4) is 16.9 Å². The summed E-state index contributed by atoms with van der Waals surface area (Å²) in [6.07, 6.45) is 1.63. The summed E-state index contributed by atoms with van der Waals surface area (Å²) < 4.78 is 5.60. The van der Waals surface area contributed by atoms with Gasteiger partial charge in [0.05, 0.1) is 5.52 Å². The summed E-state index contributed by atoms with van der Waals surface area (Å²) in [6, 6.07) is 24.0. The zero-order valence-corrected chi connectivity index (χ0v) is 19.9. The SMILES string of the molecule is CCN(CC)c1ncnc2ccc(-c3cccc(CN(C)C(=O)COc4ccccc4)c3)cc12. The molecule has 0 unspecified atom stereocenters. The van der Waals surface area contributed by atoms with Crippen LogP contribution < -0.4 is 9.64 Å². The molecule has 0 aliphatic heterocycles. The lowest BCUT2D eigenvalue weighted by atomic mass is 10.0. The van der Waals surface area contributed by atoms with Crippen molar-refractivity contribution in [3.63, 3.8) is 0 Å². The standard InChI is InChI=1S/C28H30N4O2/c1-4-32(5-2)28-25-17-23(14-15-26(25)29-20-30-28)22-11-9-10-21(16-22)18-31(3)27(33)19-34-24-12-7-6-8-13-24/h6-17,20H,4-5,18-19H2,1-3H3. The summed E-state index contributed by atoms with van der Waals surface area (Å²) in [7, 11) is 1.80. The molecule has 6 nitrogen and oxygen atoms in total. The molecule has 4 rings (SSSR count). The molecule has 6 heteroatoms. The topological polar surface area (TPSA) is 58.6 Å². The molecule has 0 aliphatic rings. The largest absolute Gasteiger partial charge is 0.484 e. The van der Waals surface area contributed by atoms with Crippen LogP contribution in [0.15, 0.2) is 79.1 Å². The average Bonchev–Trinajstić information content (AvgIpc) is 2.88. The molecule has 0 bridgehead atoms. The van der Waals surface area contributed by atoms with Crippen LogP contribution in [-0.4, -0.2) is 47.5 Å². The van der Waals surface area contributed by atoms with Crippen LogP contribution in [0.3, 0.4) is 0 Å². The van der Waals surface area contributed by atoms with Crippen molar-refractivity contribution >= 4 is 22.6 Å². The maximum absolute atomic E-state index is 12.6. The number of para-hydroxylation sites is 1. The van der Waals surface area contributed by atoms with Gasteiger partial charge in [0.25, 0.3) is 5.91 Å². The number of hydrogen-bond donors (Lipinski definition) is 0. The van der Waals surface area contributed by atoms with E-state index in [0.717, 1.165) is 46.5 Å². The Kier molecular flexibility index (Phi) is 7.38. The highest BCUT2D eigenvalue weighted by Gasteiger charge is 2.13. The van der Waals surface area contributed by atoms with E-state index < -0.39 is 0 Å². The van der Waals surface area contributed by atoms with Crippen LogP contribution in [0.2, 0.25) is 0 Å². The first kappa shape index (κ1) is 23.2. The van der Waals surface area contributed by atoms with E-state index in [0.29, 0.717) is 12.3 Å². The van der Waals surface area contributed by atoms with E-state index in [1.54, 1.807) is 18.3 Å². The molecule has 34 heavy (non-hydrogen) atoms. The molecule has 0 aliphatic carbocycles. The number of nitrogens with zero attached hydrogens (tertiary/aromatic N) is 4. The predicted octanol–water partition coefficient (Wildman–Crippen LogP) is 5.18. The Morgan fingerprint density at radius 3 is 2.41 bits per heavy atom. The average molecular weight is 455 g/mol. The lowest BCUT2D eigenvalue weighted by Crippen LogP contribution is -2.30. The van der Waals surface area contributed by atoms with Crippen molar-refractivity contribution in [2.24, 2.45) is 0 Å². The van der Waals surface area contributed by atoms with Gasteiger partial charge in [-0.3, -0.25) is 4.79 Å². The van der Waals surface area contributed by atoms with Crippen molar-refractivity contribution in [1.29, 1.82) is 0 Å².